The van der Waals surface area contributed by atoms with E-state index >= 15 is 4.39 Å². The number of amides is 9. The van der Waals surface area contributed by atoms with Crippen LogP contribution >= 0.6 is 0 Å². The Morgan fingerprint density at radius 3 is 2.14 bits per heavy atom. The molecule has 0 saturated carbocycles. The molecular formula is C49H59F2N11O9. The number of rotatable bonds is 23. The number of carbonyl (C=O) groups is 8. The van der Waals surface area contributed by atoms with Gasteiger partial charge in [0.05, 0.1) is 23.5 Å². The fourth-order valence-corrected chi connectivity index (χ4v) is 8.11. The first-order valence-electron chi connectivity index (χ1n) is 22.7. The van der Waals surface area contributed by atoms with E-state index in [1.54, 1.807) is 6.20 Å². The minimum atomic E-state index is -1.29. The van der Waals surface area contributed by atoms with Crippen LogP contribution in [0.15, 0.2) is 91.1 Å². The summed E-state index contributed by atoms with van der Waals surface area (Å²) >= 11 is 0. The topological polar surface area (TPSA) is 298 Å². The van der Waals surface area contributed by atoms with E-state index in [1.165, 1.54) is 40.8 Å². The smallest absolute Gasteiger partial charge is 0.312 e. The number of nitrogens with two attached hydrogens (primary N) is 3. The van der Waals surface area contributed by atoms with Crippen molar-refractivity contribution in [2.75, 3.05) is 36.0 Å². The van der Waals surface area contributed by atoms with E-state index in [-0.39, 0.29) is 62.4 Å². The number of urea groups is 1. The maximum Gasteiger partial charge on any atom is 0.312 e. The van der Waals surface area contributed by atoms with Crippen LogP contribution in [-0.2, 0) is 40.0 Å². The number of halogens is 2. The lowest BCUT2D eigenvalue weighted by Gasteiger charge is -2.40. The summed E-state index contributed by atoms with van der Waals surface area (Å²) in [5, 5.41) is 22.4. The molecule has 5 rings (SSSR count). The van der Waals surface area contributed by atoms with Crippen molar-refractivity contribution in [1.82, 2.24) is 30.6 Å². The molecule has 20 nitrogen and oxygen atoms in total. The number of aliphatic hydroxyl groups is 1. The van der Waals surface area contributed by atoms with Crippen molar-refractivity contribution < 1.29 is 52.2 Å². The van der Waals surface area contributed by atoms with Gasteiger partial charge in [0.15, 0.2) is 0 Å². The first kappa shape index (κ1) is 54.1. The van der Waals surface area contributed by atoms with Crippen LogP contribution in [0.5, 0.6) is 0 Å². The van der Waals surface area contributed by atoms with Crippen LogP contribution in [0.4, 0.5) is 25.0 Å². The summed E-state index contributed by atoms with van der Waals surface area (Å²) in [7, 11) is 0. The zero-order valence-corrected chi connectivity index (χ0v) is 39.8. The molecule has 1 aliphatic heterocycles. The van der Waals surface area contributed by atoms with Crippen LogP contribution in [0.3, 0.4) is 0 Å². The largest absolute Gasteiger partial charge is 0.387 e. The summed E-state index contributed by atoms with van der Waals surface area (Å²) in [5.74, 6) is -6.32. The van der Waals surface area contributed by atoms with Gasteiger partial charge >= 0.3 is 6.03 Å². The van der Waals surface area contributed by atoms with Gasteiger partial charge in [0, 0.05) is 68.1 Å². The molecule has 0 aliphatic carbocycles. The first-order chi connectivity index (χ1) is 33.6. The average Bonchev–Trinajstić information content (AvgIpc) is 3.88. The predicted octanol–water partition coefficient (Wildman–Crippen LogP) is 2.14. The summed E-state index contributed by atoms with van der Waals surface area (Å²) in [6, 6.07) is 12.4. The molecule has 71 heavy (non-hydrogen) atoms. The van der Waals surface area contributed by atoms with E-state index in [0.29, 0.717) is 17.7 Å². The summed E-state index contributed by atoms with van der Waals surface area (Å²) in [6.45, 7) is 5.66. The normalized spacial score (nSPS) is 14.1. The van der Waals surface area contributed by atoms with Crippen LogP contribution in [0.25, 0.3) is 5.69 Å². The highest BCUT2D eigenvalue weighted by Gasteiger charge is 2.39. The Balaban J connectivity index is 1.26. The van der Waals surface area contributed by atoms with Gasteiger partial charge in [-0.15, -0.1) is 0 Å². The molecule has 1 aliphatic rings. The third kappa shape index (κ3) is 14.1. The molecule has 3 aromatic carbocycles. The molecule has 0 radical (unpaired) electrons. The number of hydrogen-bond donors (Lipinski definition) is 7. The Morgan fingerprint density at radius 1 is 0.873 bits per heavy atom. The number of aromatic nitrogens is 2. The maximum absolute atomic E-state index is 15.1. The van der Waals surface area contributed by atoms with Gasteiger partial charge in [0.1, 0.15) is 36.0 Å². The molecule has 0 bridgehead atoms. The Bertz CT molecular complexity index is 2620. The molecule has 4 atom stereocenters. The molecule has 10 N–H and O–H groups in total. The third-order valence-electron chi connectivity index (χ3n) is 11.5. The van der Waals surface area contributed by atoms with Crippen LogP contribution in [0.1, 0.15) is 76.2 Å². The van der Waals surface area contributed by atoms with Gasteiger partial charge in [-0.2, -0.15) is 5.10 Å². The standard InChI is InChI=1S/C49H59F2N11O9/c1-29(47(70)61(37(45(53)68)11-8-22-56-48(54)71)33-13-15-34(16-14-33)62-40(65)18-19-41(62)66)57-39(64)20-23-55-46(69)36(52)21-24-59(42(67)28-63)44(49(2,3)4)43-31(25-30-9-6-5-7-10-30)27-60(58-43)38-26-32(50)12-17-35(38)51/h5-7,9-10,12-19,26-27,29,36-37,44,63H,8,11,20-25,28,52H2,1-4H3,(H2,53,68)(H,55,69)(H,57,64)(H3,54,56,71)/t29-,36-,37-,44-/m0/s1. The van der Waals surface area contributed by atoms with Crippen LogP contribution in [0.2, 0.25) is 0 Å². The monoisotopic (exact) mass is 983 g/mol. The number of hydrogen-bond acceptors (Lipinski definition) is 11. The van der Waals surface area contributed by atoms with Gasteiger partial charge < -0.3 is 43.2 Å². The van der Waals surface area contributed by atoms with Crippen molar-refractivity contribution in [3.8, 4) is 5.69 Å². The van der Waals surface area contributed by atoms with Gasteiger partial charge in [-0.1, -0.05) is 51.1 Å². The van der Waals surface area contributed by atoms with Crippen molar-refractivity contribution in [2.24, 2.45) is 22.6 Å². The Morgan fingerprint density at radius 2 is 1.54 bits per heavy atom. The van der Waals surface area contributed by atoms with Gasteiger partial charge in [-0.25, -0.2) is 23.2 Å². The summed E-state index contributed by atoms with van der Waals surface area (Å²) in [4.78, 5) is 106. The third-order valence-corrected chi connectivity index (χ3v) is 11.5. The van der Waals surface area contributed by atoms with Gasteiger partial charge in [-0.05, 0) is 73.6 Å². The molecule has 9 amide bonds. The minimum Gasteiger partial charge on any atom is -0.387 e. The number of primary amides is 2. The lowest BCUT2D eigenvalue weighted by molar-refractivity contribution is -0.140. The van der Waals surface area contributed by atoms with E-state index in [9.17, 15) is 47.9 Å². The first-order valence-corrected chi connectivity index (χ1v) is 22.7. The van der Waals surface area contributed by atoms with Crippen molar-refractivity contribution in [1.29, 1.82) is 0 Å². The number of nitrogens with zero attached hydrogens (tertiary/aromatic N) is 5. The van der Waals surface area contributed by atoms with Crippen molar-refractivity contribution >= 4 is 58.8 Å². The maximum atomic E-state index is 15.1. The highest BCUT2D eigenvalue weighted by Crippen LogP contribution is 2.40. The predicted molar refractivity (Wildman–Crippen MR) is 257 cm³/mol. The zero-order valence-electron chi connectivity index (χ0n) is 39.8. The zero-order chi connectivity index (χ0) is 52.2. The highest BCUT2D eigenvalue weighted by atomic mass is 19.1. The lowest BCUT2D eigenvalue weighted by Crippen LogP contribution is -2.55. The fraction of sp³-hybridized carbons (Fsp3) is 0.367. The molecule has 0 unspecified atom stereocenters. The summed E-state index contributed by atoms with van der Waals surface area (Å²) < 4.78 is 30.7. The van der Waals surface area contributed by atoms with Crippen LogP contribution in [0, 0.1) is 17.0 Å². The molecule has 1 aromatic heterocycles. The highest BCUT2D eigenvalue weighted by molar-refractivity contribution is 6.28. The van der Waals surface area contributed by atoms with E-state index in [1.807, 2.05) is 51.1 Å². The van der Waals surface area contributed by atoms with Crippen molar-refractivity contribution in [3.63, 3.8) is 0 Å². The van der Waals surface area contributed by atoms with Crippen LogP contribution in [-0.4, -0.2) is 112 Å². The van der Waals surface area contributed by atoms with Crippen molar-refractivity contribution in [3.05, 3.63) is 120 Å². The van der Waals surface area contributed by atoms with E-state index in [2.05, 4.69) is 16.0 Å². The van der Waals surface area contributed by atoms with Gasteiger partial charge in [0.25, 0.3) is 11.8 Å². The van der Waals surface area contributed by atoms with Gasteiger partial charge in [-0.3, -0.25) is 38.5 Å². The van der Waals surface area contributed by atoms with Gasteiger partial charge in [0.2, 0.25) is 29.5 Å². The molecular weight excluding hydrogens is 925 g/mol. The minimum absolute atomic E-state index is 0.0383. The van der Waals surface area contributed by atoms with E-state index < -0.39 is 95.2 Å². The number of imide groups is 1. The number of anilines is 2. The van der Waals surface area contributed by atoms with Crippen LogP contribution < -0.4 is 43.0 Å². The summed E-state index contributed by atoms with van der Waals surface area (Å²) in [5.41, 5.74) is 18.4. The average molecular weight is 984 g/mol. The second-order valence-corrected chi connectivity index (χ2v) is 17.9. The number of carbonyl (C=O) groups excluding carboxylic acids is 8. The molecule has 378 valence electrons. The Hall–Kier alpha value is -7.85. The number of nitrogens with one attached hydrogen (secondary N) is 3. The fourth-order valence-electron chi connectivity index (χ4n) is 8.11. The quantitative estimate of drug-likeness (QED) is 0.0417. The Labute approximate surface area is 408 Å². The number of benzene rings is 3. The molecule has 2 heterocycles. The number of aliphatic hydroxyl groups excluding tert-OH is 1. The lowest BCUT2D eigenvalue weighted by atomic mass is 9.81. The molecule has 0 spiro atoms. The van der Waals surface area contributed by atoms with E-state index in [4.69, 9.17) is 22.3 Å². The molecule has 0 fully saturated rings. The second kappa shape index (κ2) is 24.1. The molecule has 0 saturated heterocycles. The Kier molecular flexibility index (Phi) is 18.4. The SMILES string of the molecule is C[C@H](NC(=O)CCNC(=O)[C@@H](N)CCN(C(=O)CO)[C@@H](c1nn(-c2cc(F)ccc2F)cc1Cc1ccccc1)C(C)(C)C)C(=O)N(c1ccc(N2C(=O)C=CC2=O)cc1)[C@@H](CCCNC(N)=O)C(N)=O. The molecule has 4 aromatic rings. The van der Waals surface area contributed by atoms with E-state index in [0.717, 1.165) is 45.7 Å². The molecule has 22 heteroatoms. The second-order valence-electron chi connectivity index (χ2n) is 17.9. The summed E-state index contributed by atoms with van der Waals surface area (Å²) in [6.07, 6.45) is 3.75. The van der Waals surface area contributed by atoms with Crippen molar-refractivity contribution in [2.45, 2.75) is 84.0 Å².